The maximum atomic E-state index is 11.6. The molecule has 0 radical (unpaired) electrons. The second kappa shape index (κ2) is 4.97. The summed E-state index contributed by atoms with van der Waals surface area (Å²) in [5.41, 5.74) is -4.14. The molecule has 74 valence electrons. The van der Waals surface area contributed by atoms with Gasteiger partial charge in [0.2, 0.25) is 0 Å². The Morgan fingerprint density at radius 2 is 1.83 bits per heavy atom. The van der Waals surface area contributed by atoms with E-state index in [4.69, 9.17) is 5.11 Å². The molecule has 5 heteroatoms. The van der Waals surface area contributed by atoms with E-state index in [2.05, 4.69) is 0 Å². The first-order chi connectivity index (χ1) is 5.33. The van der Waals surface area contributed by atoms with Crippen LogP contribution in [0.1, 0.15) is 20.3 Å². The third kappa shape index (κ3) is 6.79. The minimum atomic E-state index is -4.14. The predicted octanol–water partition coefficient (Wildman–Crippen LogP) is 2.65. The fourth-order valence-corrected chi connectivity index (χ4v) is 1.32. The van der Waals surface area contributed by atoms with Crippen molar-refractivity contribution in [1.82, 2.24) is 0 Å². The van der Waals surface area contributed by atoms with Gasteiger partial charge < -0.3 is 5.11 Å². The molecule has 0 rings (SSSR count). The molecule has 0 saturated heterocycles. The molecule has 0 aromatic carbocycles. The molecular formula is C7H13F3OS. The molecule has 0 aliphatic carbocycles. The van der Waals surface area contributed by atoms with Crippen LogP contribution in [0, 0.1) is 5.92 Å². The number of thioether (sulfide) groups is 1. The minimum absolute atomic E-state index is 0.0234. The van der Waals surface area contributed by atoms with Crippen molar-refractivity contribution in [3.05, 3.63) is 0 Å². The number of hydrogen-bond donors (Lipinski definition) is 1. The van der Waals surface area contributed by atoms with E-state index in [9.17, 15) is 13.2 Å². The maximum absolute atomic E-state index is 11.6. The van der Waals surface area contributed by atoms with Crippen molar-refractivity contribution < 1.29 is 18.3 Å². The van der Waals surface area contributed by atoms with Crippen molar-refractivity contribution in [1.29, 1.82) is 0 Å². The van der Waals surface area contributed by atoms with Crippen LogP contribution in [0.2, 0.25) is 0 Å². The zero-order valence-electron chi connectivity index (χ0n) is 7.06. The van der Waals surface area contributed by atoms with Crippen molar-refractivity contribution >= 4 is 11.8 Å². The highest BCUT2D eigenvalue weighted by Crippen LogP contribution is 2.31. The number of halogens is 3. The zero-order chi connectivity index (χ0) is 9.78. The summed E-state index contributed by atoms with van der Waals surface area (Å²) < 4.78 is 34.8. The van der Waals surface area contributed by atoms with Crippen LogP contribution in [0.5, 0.6) is 0 Å². The standard InChI is InChI=1S/C7H13F3OS/c1-5(6(2)11)3-4-12-7(8,9)10/h5-6,11H,3-4H2,1-2H3. The molecule has 2 unspecified atom stereocenters. The third-order valence-corrected chi connectivity index (χ3v) is 2.43. The average Bonchev–Trinajstić information content (AvgIpc) is 1.84. The van der Waals surface area contributed by atoms with E-state index in [0.717, 1.165) is 0 Å². The van der Waals surface area contributed by atoms with Crippen molar-refractivity contribution in [2.45, 2.75) is 31.9 Å². The fourth-order valence-electron chi connectivity index (χ4n) is 0.602. The lowest BCUT2D eigenvalue weighted by Crippen LogP contribution is -2.14. The molecule has 0 aliphatic heterocycles. The van der Waals surface area contributed by atoms with E-state index in [1.807, 2.05) is 0 Å². The zero-order valence-corrected chi connectivity index (χ0v) is 7.87. The molecule has 0 spiro atoms. The van der Waals surface area contributed by atoms with Gasteiger partial charge in [-0.1, -0.05) is 18.7 Å². The Morgan fingerprint density at radius 1 is 1.33 bits per heavy atom. The second-order valence-corrected chi connectivity index (χ2v) is 3.96. The highest BCUT2D eigenvalue weighted by atomic mass is 32.2. The number of rotatable bonds is 4. The Hall–Kier alpha value is 0.100. The summed E-state index contributed by atoms with van der Waals surface area (Å²) in [4.78, 5) is 0. The smallest absolute Gasteiger partial charge is 0.393 e. The van der Waals surface area contributed by atoms with Gasteiger partial charge in [0.25, 0.3) is 0 Å². The Balaban J connectivity index is 3.44. The highest BCUT2D eigenvalue weighted by molar-refractivity contribution is 8.00. The van der Waals surface area contributed by atoms with Gasteiger partial charge in [-0.2, -0.15) is 13.2 Å². The predicted molar refractivity (Wildman–Crippen MR) is 44.0 cm³/mol. The molecule has 1 N–H and O–H groups in total. The molecule has 0 heterocycles. The first-order valence-electron chi connectivity index (χ1n) is 3.71. The lowest BCUT2D eigenvalue weighted by atomic mass is 10.0. The van der Waals surface area contributed by atoms with Crippen molar-refractivity contribution in [3.63, 3.8) is 0 Å². The van der Waals surface area contributed by atoms with Crippen molar-refractivity contribution in [3.8, 4) is 0 Å². The molecule has 0 bridgehead atoms. The van der Waals surface area contributed by atoms with Gasteiger partial charge in [0.1, 0.15) is 0 Å². The fraction of sp³-hybridized carbons (Fsp3) is 1.00. The summed E-state index contributed by atoms with van der Waals surface area (Å²) in [5.74, 6) is -0.0462. The van der Waals surface area contributed by atoms with E-state index in [1.54, 1.807) is 13.8 Å². The Bertz CT molecular complexity index is 124. The average molecular weight is 202 g/mol. The largest absolute Gasteiger partial charge is 0.441 e. The first kappa shape index (κ1) is 12.1. The lowest BCUT2D eigenvalue weighted by molar-refractivity contribution is -0.0329. The quantitative estimate of drug-likeness (QED) is 0.756. The van der Waals surface area contributed by atoms with Crippen molar-refractivity contribution in [2.75, 3.05) is 5.75 Å². The topological polar surface area (TPSA) is 20.2 Å². The Kier molecular flexibility index (Phi) is 5.01. The van der Waals surface area contributed by atoms with Crippen LogP contribution in [0.15, 0.2) is 0 Å². The van der Waals surface area contributed by atoms with Crippen LogP contribution in [-0.4, -0.2) is 22.5 Å². The Morgan fingerprint density at radius 3 is 2.17 bits per heavy atom. The SMILES string of the molecule is CC(O)C(C)CCSC(F)(F)F. The molecule has 1 nitrogen and oxygen atoms in total. The van der Waals surface area contributed by atoms with Crippen LogP contribution >= 0.6 is 11.8 Å². The molecule has 0 aromatic rings. The Labute approximate surface area is 74.3 Å². The monoisotopic (exact) mass is 202 g/mol. The van der Waals surface area contributed by atoms with Crippen LogP contribution in [0.4, 0.5) is 13.2 Å². The summed E-state index contributed by atoms with van der Waals surface area (Å²) in [6.45, 7) is 3.32. The van der Waals surface area contributed by atoms with Gasteiger partial charge in [0.15, 0.2) is 0 Å². The number of hydrogen-bond acceptors (Lipinski definition) is 2. The van der Waals surface area contributed by atoms with Gasteiger partial charge in [-0.15, -0.1) is 0 Å². The van der Waals surface area contributed by atoms with Gasteiger partial charge in [-0.25, -0.2) is 0 Å². The van der Waals surface area contributed by atoms with Crippen LogP contribution in [0.25, 0.3) is 0 Å². The number of alkyl halides is 3. The minimum Gasteiger partial charge on any atom is -0.393 e. The normalized spacial score (nSPS) is 17.5. The molecule has 12 heavy (non-hydrogen) atoms. The van der Waals surface area contributed by atoms with Gasteiger partial charge in [0.05, 0.1) is 6.10 Å². The van der Waals surface area contributed by atoms with Crippen LogP contribution < -0.4 is 0 Å². The molecule has 0 aliphatic rings. The van der Waals surface area contributed by atoms with Crippen LogP contribution in [0.3, 0.4) is 0 Å². The van der Waals surface area contributed by atoms with Gasteiger partial charge in [0, 0.05) is 5.75 Å². The van der Waals surface area contributed by atoms with Gasteiger partial charge in [-0.05, 0) is 19.3 Å². The summed E-state index contributed by atoms with van der Waals surface area (Å²) in [6, 6.07) is 0. The van der Waals surface area contributed by atoms with Gasteiger partial charge >= 0.3 is 5.51 Å². The van der Waals surface area contributed by atoms with E-state index < -0.39 is 11.6 Å². The molecule has 0 aromatic heterocycles. The molecule has 2 atom stereocenters. The molecular weight excluding hydrogens is 189 g/mol. The summed E-state index contributed by atoms with van der Waals surface area (Å²) in [7, 11) is 0. The molecule has 0 saturated carbocycles. The molecule has 0 fully saturated rings. The highest BCUT2D eigenvalue weighted by Gasteiger charge is 2.27. The van der Waals surface area contributed by atoms with E-state index >= 15 is 0 Å². The summed E-state index contributed by atoms with van der Waals surface area (Å²) in [5, 5.41) is 8.96. The number of aliphatic hydroxyl groups excluding tert-OH is 1. The van der Waals surface area contributed by atoms with E-state index in [0.29, 0.717) is 6.42 Å². The summed E-state index contributed by atoms with van der Waals surface area (Å²) >= 11 is -0.0318. The van der Waals surface area contributed by atoms with Gasteiger partial charge in [-0.3, -0.25) is 0 Å². The summed E-state index contributed by atoms with van der Waals surface area (Å²) in [6.07, 6.45) is -0.138. The van der Waals surface area contributed by atoms with Crippen molar-refractivity contribution in [2.24, 2.45) is 5.92 Å². The van der Waals surface area contributed by atoms with E-state index in [1.165, 1.54) is 0 Å². The first-order valence-corrected chi connectivity index (χ1v) is 4.70. The lowest BCUT2D eigenvalue weighted by Gasteiger charge is -2.14. The number of aliphatic hydroxyl groups is 1. The van der Waals surface area contributed by atoms with E-state index in [-0.39, 0.29) is 23.4 Å². The van der Waals surface area contributed by atoms with Crippen LogP contribution in [-0.2, 0) is 0 Å². The third-order valence-electron chi connectivity index (χ3n) is 1.66. The second-order valence-electron chi connectivity index (χ2n) is 2.80. The maximum Gasteiger partial charge on any atom is 0.441 e. The molecule has 0 amide bonds.